The molecule has 94 valence electrons. The van der Waals surface area contributed by atoms with E-state index in [4.69, 9.17) is 32.7 Å². The molecule has 0 aromatic heterocycles. The van der Waals surface area contributed by atoms with Gasteiger partial charge in [0, 0.05) is 5.02 Å². The minimum Gasteiger partial charge on any atom is -0.376 e. The second-order valence-electron chi connectivity index (χ2n) is 4.34. The second-order valence-corrected chi connectivity index (χ2v) is 5.22. The van der Waals surface area contributed by atoms with Gasteiger partial charge in [0.2, 0.25) is 0 Å². The van der Waals surface area contributed by atoms with Gasteiger partial charge in [0.1, 0.15) is 6.10 Å². The van der Waals surface area contributed by atoms with Crippen molar-refractivity contribution in [3.8, 4) is 0 Å². The number of aryl methyl sites for hydroxylation is 2. The Morgan fingerprint density at radius 2 is 2.00 bits per heavy atom. The van der Waals surface area contributed by atoms with Crippen LogP contribution in [0.4, 0.5) is 0 Å². The Morgan fingerprint density at radius 1 is 1.24 bits per heavy atom. The van der Waals surface area contributed by atoms with Gasteiger partial charge in [-0.25, -0.2) is 0 Å². The summed E-state index contributed by atoms with van der Waals surface area (Å²) in [4.78, 5) is 0. The molecule has 0 saturated carbocycles. The van der Waals surface area contributed by atoms with Crippen LogP contribution in [0.5, 0.6) is 0 Å². The van der Waals surface area contributed by atoms with Crippen LogP contribution in [0.1, 0.15) is 22.1 Å². The van der Waals surface area contributed by atoms with Crippen molar-refractivity contribution >= 4 is 23.2 Å². The molecule has 1 aliphatic rings. The zero-order valence-corrected chi connectivity index (χ0v) is 11.5. The monoisotopic (exact) mass is 274 g/mol. The number of hydrogen-bond donors (Lipinski definition) is 0. The van der Waals surface area contributed by atoms with E-state index in [1.54, 1.807) is 0 Å². The van der Waals surface area contributed by atoms with E-state index >= 15 is 0 Å². The highest BCUT2D eigenvalue weighted by Crippen LogP contribution is 2.33. The second kappa shape index (κ2) is 5.57. The average molecular weight is 275 g/mol. The molecule has 1 heterocycles. The Balaban J connectivity index is 2.23. The summed E-state index contributed by atoms with van der Waals surface area (Å²) in [6.07, 6.45) is -0.0790. The van der Waals surface area contributed by atoms with Gasteiger partial charge in [0.05, 0.1) is 25.2 Å². The van der Waals surface area contributed by atoms with E-state index in [-0.39, 0.29) is 11.5 Å². The van der Waals surface area contributed by atoms with E-state index in [9.17, 15) is 0 Å². The third-order valence-electron chi connectivity index (χ3n) is 3.01. The molecule has 1 aliphatic heterocycles. The van der Waals surface area contributed by atoms with Gasteiger partial charge in [-0.2, -0.15) is 0 Å². The molecule has 0 spiro atoms. The summed E-state index contributed by atoms with van der Waals surface area (Å²) >= 11 is 12.5. The molecule has 0 amide bonds. The Hall–Kier alpha value is -0.280. The van der Waals surface area contributed by atoms with E-state index in [1.807, 2.05) is 26.0 Å². The van der Waals surface area contributed by atoms with Crippen molar-refractivity contribution in [2.24, 2.45) is 0 Å². The minimum atomic E-state index is -0.189. The molecule has 2 atom stereocenters. The fourth-order valence-corrected chi connectivity index (χ4v) is 2.57. The highest BCUT2D eigenvalue weighted by Gasteiger charge is 2.26. The summed E-state index contributed by atoms with van der Waals surface area (Å²) in [5.41, 5.74) is 3.20. The first-order valence-electron chi connectivity index (χ1n) is 5.69. The zero-order chi connectivity index (χ0) is 12.4. The molecule has 1 aromatic carbocycles. The molecule has 17 heavy (non-hydrogen) atoms. The normalized spacial score (nSPS) is 22.5. The van der Waals surface area contributed by atoms with E-state index < -0.39 is 0 Å². The maximum Gasteiger partial charge on any atom is 0.101 e. The first-order valence-corrected chi connectivity index (χ1v) is 6.51. The molecule has 1 fully saturated rings. The van der Waals surface area contributed by atoms with Gasteiger partial charge in [0.25, 0.3) is 0 Å². The van der Waals surface area contributed by atoms with Crippen LogP contribution in [-0.4, -0.2) is 25.9 Å². The molecule has 2 unspecified atom stereocenters. The van der Waals surface area contributed by atoms with Crippen LogP contribution in [0.25, 0.3) is 0 Å². The molecule has 2 rings (SSSR count). The first kappa shape index (κ1) is 13.2. The van der Waals surface area contributed by atoms with Gasteiger partial charge in [0.15, 0.2) is 0 Å². The topological polar surface area (TPSA) is 18.5 Å². The predicted molar refractivity (Wildman–Crippen MR) is 70.1 cm³/mol. The van der Waals surface area contributed by atoms with Gasteiger partial charge < -0.3 is 9.47 Å². The first-order chi connectivity index (χ1) is 8.09. The van der Waals surface area contributed by atoms with E-state index in [2.05, 4.69) is 0 Å². The lowest BCUT2D eigenvalue weighted by atomic mass is 9.99. The van der Waals surface area contributed by atoms with Crippen LogP contribution in [0.2, 0.25) is 5.02 Å². The lowest BCUT2D eigenvalue weighted by molar-refractivity contribution is -0.0892. The van der Waals surface area contributed by atoms with Crippen molar-refractivity contribution in [2.45, 2.75) is 25.3 Å². The van der Waals surface area contributed by atoms with Crippen LogP contribution >= 0.6 is 23.2 Å². The van der Waals surface area contributed by atoms with Crippen LogP contribution < -0.4 is 0 Å². The molecule has 2 nitrogen and oxygen atoms in total. The molecular weight excluding hydrogens is 259 g/mol. The molecule has 0 aliphatic carbocycles. The van der Waals surface area contributed by atoms with Gasteiger partial charge >= 0.3 is 0 Å². The summed E-state index contributed by atoms with van der Waals surface area (Å²) < 4.78 is 11.0. The molecule has 0 N–H and O–H groups in total. The van der Waals surface area contributed by atoms with Gasteiger partial charge in [-0.3, -0.25) is 0 Å². The lowest BCUT2D eigenvalue weighted by Gasteiger charge is -2.28. The van der Waals surface area contributed by atoms with Gasteiger partial charge in [-0.05, 0) is 36.6 Å². The number of halogens is 2. The van der Waals surface area contributed by atoms with Crippen molar-refractivity contribution < 1.29 is 9.47 Å². The molecule has 1 saturated heterocycles. The fraction of sp³-hybridized carbons (Fsp3) is 0.538. The number of ether oxygens (including phenoxy) is 2. The number of benzene rings is 1. The SMILES string of the molecule is Cc1cc(C(Cl)C2COCCO2)c(C)cc1Cl. The largest absolute Gasteiger partial charge is 0.376 e. The highest BCUT2D eigenvalue weighted by atomic mass is 35.5. The third kappa shape index (κ3) is 2.94. The summed E-state index contributed by atoms with van der Waals surface area (Å²) in [7, 11) is 0. The Labute approximate surface area is 112 Å². The van der Waals surface area contributed by atoms with Crippen LogP contribution in [0.15, 0.2) is 12.1 Å². The van der Waals surface area contributed by atoms with Crippen LogP contribution in [0.3, 0.4) is 0 Å². The molecular formula is C13H16Cl2O2. The van der Waals surface area contributed by atoms with E-state index in [1.165, 1.54) is 0 Å². The number of alkyl halides is 1. The Kier molecular flexibility index (Phi) is 4.31. The standard InChI is InChI=1S/C13H16Cl2O2/c1-8-6-11(14)9(2)5-10(8)13(15)12-7-16-3-4-17-12/h5-6,12-13H,3-4,7H2,1-2H3. The molecule has 1 aromatic rings. The Bertz CT molecular complexity index is 401. The maximum absolute atomic E-state index is 6.47. The fourth-order valence-electron chi connectivity index (χ4n) is 1.98. The maximum atomic E-state index is 6.47. The van der Waals surface area contributed by atoms with E-state index in [0.717, 1.165) is 21.7 Å². The summed E-state index contributed by atoms with van der Waals surface area (Å²) in [6.45, 7) is 5.81. The number of rotatable bonds is 2. The van der Waals surface area contributed by atoms with Gasteiger partial charge in [-0.1, -0.05) is 17.7 Å². The van der Waals surface area contributed by atoms with Gasteiger partial charge in [-0.15, -0.1) is 11.6 Å². The van der Waals surface area contributed by atoms with E-state index in [0.29, 0.717) is 19.8 Å². The summed E-state index contributed by atoms with van der Waals surface area (Å²) in [5, 5.41) is 0.585. The molecule has 0 radical (unpaired) electrons. The molecule has 4 heteroatoms. The minimum absolute atomic E-state index is 0.0790. The van der Waals surface area contributed by atoms with Crippen molar-refractivity contribution in [2.75, 3.05) is 19.8 Å². The smallest absolute Gasteiger partial charge is 0.101 e. The van der Waals surface area contributed by atoms with Crippen molar-refractivity contribution in [3.63, 3.8) is 0 Å². The van der Waals surface area contributed by atoms with Crippen LogP contribution in [0, 0.1) is 13.8 Å². The highest BCUT2D eigenvalue weighted by molar-refractivity contribution is 6.31. The molecule has 0 bridgehead atoms. The quantitative estimate of drug-likeness (QED) is 0.767. The number of hydrogen-bond acceptors (Lipinski definition) is 2. The Morgan fingerprint density at radius 3 is 2.65 bits per heavy atom. The predicted octanol–water partition coefficient (Wildman–Crippen LogP) is 3.65. The van der Waals surface area contributed by atoms with Crippen molar-refractivity contribution in [1.29, 1.82) is 0 Å². The summed E-state index contributed by atoms with van der Waals surface area (Å²) in [6, 6.07) is 3.98. The van der Waals surface area contributed by atoms with Crippen molar-refractivity contribution in [1.82, 2.24) is 0 Å². The summed E-state index contributed by atoms with van der Waals surface area (Å²) in [5.74, 6) is 0. The lowest BCUT2D eigenvalue weighted by Crippen LogP contribution is -2.32. The van der Waals surface area contributed by atoms with Crippen molar-refractivity contribution in [3.05, 3.63) is 33.8 Å². The third-order valence-corrected chi connectivity index (χ3v) is 3.94. The average Bonchev–Trinajstić information content (AvgIpc) is 2.34. The van der Waals surface area contributed by atoms with Crippen LogP contribution in [-0.2, 0) is 9.47 Å². The zero-order valence-electron chi connectivity index (χ0n) is 10.0.